The van der Waals surface area contributed by atoms with Crippen LogP contribution in [0, 0.1) is 11.8 Å². The second-order valence-electron chi connectivity index (χ2n) is 10.5. The number of carbonyl (C=O) groups excluding carboxylic acids is 2. The number of allylic oxidation sites excluding steroid dienone is 4. The molecule has 1 heterocycles. The van der Waals surface area contributed by atoms with Crippen LogP contribution in [0.15, 0.2) is 48.3 Å². The molecule has 1 saturated heterocycles. The van der Waals surface area contributed by atoms with Crippen molar-refractivity contribution >= 4 is 11.8 Å². The molecular formula is C28H36F4N4O2. The van der Waals surface area contributed by atoms with Crippen LogP contribution in [0.1, 0.15) is 48.0 Å². The standard InChI is InChI=1S/C28H36F4N4O2/c1-35-14-16-36(17-15-35)27(38)24(34-26(37)20-5-9-21(10-6-20)28(30,31)32)4-2-3-13-33-25-18-23(25)19-7-11-22(29)12-8-19/h5-7,9-12,19,23-25,33H,2-4,8,13-18H2,1H3,(H,34,37)/t19?,23-,24-,25?/m0/s1. The Morgan fingerprint density at radius 3 is 2.42 bits per heavy atom. The summed E-state index contributed by atoms with van der Waals surface area (Å²) in [6.45, 7) is 3.42. The Labute approximate surface area is 221 Å². The summed E-state index contributed by atoms with van der Waals surface area (Å²) in [5.74, 6) is 0.00907. The molecule has 2 fully saturated rings. The highest BCUT2D eigenvalue weighted by molar-refractivity contribution is 5.97. The molecule has 3 aliphatic rings. The van der Waals surface area contributed by atoms with Gasteiger partial charge in [-0.2, -0.15) is 13.2 Å². The fraction of sp³-hybridized carbons (Fsp3) is 0.571. The first-order valence-electron chi connectivity index (χ1n) is 13.3. The van der Waals surface area contributed by atoms with E-state index in [-0.39, 0.29) is 17.3 Å². The van der Waals surface area contributed by atoms with Gasteiger partial charge in [0.1, 0.15) is 11.9 Å². The van der Waals surface area contributed by atoms with Crippen LogP contribution in [0.2, 0.25) is 0 Å². The van der Waals surface area contributed by atoms with Gasteiger partial charge in [0.25, 0.3) is 5.91 Å². The Hall–Kier alpha value is -2.72. The van der Waals surface area contributed by atoms with Crippen LogP contribution in [0.5, 0.6) is 0 Å². The van der Waals surface area contributed by atoms with Crippen molar-refractivity contribution in [2.24, 2.45) is 11.8 Å². The Morgan fingerprint density at radius 2 is 1.79 bits per heavy atom. The van der Waals surface area contributed by atoms with E-state index in [0.717, 1.165) is 63.2 Å². The molecule has 4 rings (SSSR count). The molecule has 208 valence electrons. The van der Waals surface area contributed by atoms with Crippen molar-refractivity contribution in [1.82, 2.24) is 20.4 Å². The zero-order valence-corrected chi connectivity index (χ0v) is 21.6. The molecule has 10 heteroatoms. The summed E-state index contributed by atoms with van der Waals surface area (Å²) >= 11 is 0. The minimum absolute atomic E-state index is 0.0853. The minimum atomic E-state index is -4.48. The number of rotatable bonds is 10. The van der Waals surface area contributed by atoms with Crippen molar-refractivity contribution in [1.29, 1.82) is 0 Å². The normalized spacial score (nSPS) is 24.6. The molecule has 0 bridgehead atoms. The fourth-order valence-corrected chi connectivity index (χ4v) is 5.17. The second kappa shape index (κ2) is 12.4. The van der Waals surface area contributed by atoms with Gasteiger partial charge < -0.3 is 20.4 Å². The predicted molar refractivity (Wildman–Crippen MR) is 137 cm³/mol. The van der Waals surface area contributed by atoms with Gasteiger partial charge in [-0.15, -0.1) is 0 Å². The van der Waals surface area contributed by atoms with E-state index in [1.165, 1.54) is 0 Å². The molecule has 2 N–H and O–H groups in total. The van der Waals surface area contributed by atoms with E-state index in [1.807, 2.05) is 13.1 Å². The molecule has 0 spiro atoms. The molecule has 38 heavy (non-hydrogen) atoms. The van der Waals surface area contributed by atoms with Crippen molar-refractivity contribution in [3.05, 3.63) is 59.4 Å². The van der Waals surface area contributed by atoms with Crippen LogP contribution in [0.25, 0.3) is 0 Å². The quantitative estimate of drug-likeness (QED) is 0.348. The van der Waals surface area contributed by atoms with Gasteiger partial charge in [0.15, 0.2) is 0 Å². The summed E-state index contributed by atoms with van der Waals surface area (Å²) < 4.78 is 51.8. The number of carbonyl (C=O) groups is 2. The number of likely N-dealkylation sites (N-methyl/N-ethyl adjacent to an activating group) is 1. The van der Waals surface area contributed by atoms with E-state index < -0.39 is 23.7 Å². The number of nitrogens with one attached hydrogen (secondary N) is 2. The molecule has 1 aliphatic heterocycles. The fourth-order valence-electron chi connectivity index (χ4n) is 5.17. The maximum Gasteiger partial charge on any atom is 0.416 e. The molecule has 2 amide bonds. The predicted octanol–water partition coefficient (Wildman–Crippen LogP) is 4.16. The summed E-state index contributed by atoms with van der Waals surface area (Å²) in [5, 5.41) is 6.32. The highest BCUT2D eigenvalue weighted by Gasteiger charge is 2.41. The third-order valence-electron chi connectivity index (χ3n) is 7.70. The van der Waals surface area contributed by atoms with Gasteiger partial charge in [-0.3, -0.25) is 9.59 Å². The SMILES string of the molecule is CN1CCN(C(=O)[C@H](CCCCNC2C[C@H]2C2C=CC(F)=CC2)NC(=O)c2ccc(C(F)(F)F)cc2)CC1. The number of alkyl halides is 3. The Morgan fingerprint density at radius 1 is 1.08 bits per heavy atom. The Balaban J connectivity index is 1.27. The van der Waals surface area contributed by atoms with Crippen LogP contribution in [-0.2, 0) is 11.0 Å². The summed E-state index contributed by atoms with van der Waals surface area (Å²) in [7, 11) is 1.99. The third kappa shape index (κ3) is 7.66. The van der Waals surface area contributed by atoms with Gasteiger partial charge in [-0.05, 0) is 93.9 Å². The molecule has 0 aromatic heterocycles. The van der Waals surface area contributed by atoms with E-state index >= 15 is 0 Å². The number of unbranched alkanes of at least 4 members (excludes halogenated alkanes) is 1. The lowest BCUT2D eigenvalue weighted by atomic mass is 9.95. The average Bonchev–Trinajstić information content (AvgIpc) is 3.67. The maximum atomic E-state index is 13.3. The van der Waals surface area contributed by atoms with Crippen molar-refractivity contribution in [3.63, 3.8) is 0 Å². The average molecular weight is 537 g/mol. The Kier molecular flexibility index (Phi) is 9.25. The molecule has 2 unspecified atom stereocenters. The van der Waals surface area contributed by atoms with Crippen molar-refractivity contribution in [3.8, 4) is 0 Å². The smallest absolute Gasteiger partial charge is 0.340 e. The van der Waals surface area contributed by atoms with Gasteiger partial charge >= 0.3 is 6.18 Å². The van der Waals surface area contributed by atoms with Crippen LogP contribution in [-0.4, -0.2) is 73.5 Å². The molecule has 2 aliphatic carbocycles. The Bertz CT molecular complexity index is 1030. The number of amides is 2. The highest BCUT2D eigenvalue weighted by atomic mass is 19.4. The maximum absolute atomic E-state index is 13.3. The van der Waals surface area contributed by atoms with Crippen LogP contribution in [0.4, 0.5) is 17.6 Å². The summed E-state index contributed by atoms with van der Waals surface area (Å²) in [5.41, 5.74) is -0.741. The number of hydrogen-bond donors (Lipinski definition) is 2. The number of nitrogens with zero attached hydrogens (tertiary/aromatic N) is 2. The summed E-state index contributed by atoms with van der Waals surface area (Å²) in [6.07, 6.45) is 4.43. The first-order valence-corrected chi connectivity index (χ1v) is 13.3. The molecule has 6 nitrogen and oxygen atoms in total. The monoisotopic (exact) mass is 536 g/mol. The van der Waals surface area contributed by atoms with E-state index in [9.17, 15) is 27.2 Å². The van der Waals surface area contributed by atoms with Crippen molar-refractivity contribution in [2.75, 3.05) is 39.8 Å². The van der Waals surface area contributed by atoms with E-state index in [2.05, 4.69) is 15.5 Å². The van der Waals surface area contributed by atoms with Gasteiger partial charge in [-0.25, -0.2) is 4.39 Å². The number of halogens is 4. The summed E-state index contributed by atoms with van der Waals surface area (Å²) in [6, 6.07) is 3.70. The van der Waals surface area contributed by atoms with Gasteiger partial charge in [-0.1, -0.05) is 6.08 Å². The molecule has 1 aromatic carbocycles. The zero-order chi connectivity index (χ0) is 27.3. The van der Waals surface area contributed by atoms with Crippen molar-refractivity contribution < 1.29 is 27.2 Å². The first-order chi connectivity index (χ1) is 18.1. The molecule has 4 atom stereocenters. The first kappa shape index (κ1) is 28.3. The van der Waals surface area contributed by atoms with E-state index in [1.54, 1.807) is 17.1 Å². The van der Waals surface area contributed by atoms with Crippen molar-refractivity contribution in [2.45, 2.75) is 50.4 Å². The van der Waals surface area contributed by atoms with Gasteiger partial charge in [0.05, 0.1) is 5.56 Å². The topological polar surface area (TPSA) is 64.7 Å². The largest absolute Gasteiger partial charge is 0.416 e. The minimum Gasteiger partial charge on any atom is -0.340 e. The summed E-state index contributed by atoms with van der Waals surface area (Å²) in [4.78, 5) is 30.0. The lowest BCUT2D eigenvalue weighted by Gasteiger charge is -2.34. The molecule has 0 radical (unpaired) electrons. The molecule has 1 saturated carbocycles. The van der Waals surface area contributed by atoms with Gasteiger partial charge in [0.2, 0.25) is 5.91 Å². The third-order valence-corrected chi connectivity index (χ3v) is 7.70. The van der Waals surface area contributed by atoms with Crippen LogP contribution < -0.4 is 10.6 Å². The van der Waals surface area contributed by atoms with E-state index in [4.69, 9.17) is 0 Å². The second-order valence-corrected chi connectivity index (χ2v) is 10.5. The lowest BCUT2D eigenvalue weighted by Crippen LogP contribution is -2.54. The van der Waals surface area contributed by atoms with Crippen LogP contribution >= 0.6 is 0 Å². The number of piperazine rings is 1. The molecular weight excluding hydrogens is 500 g/mol. The zero-order valence-electron chi connectivity index (χ0n) is 21.6. The number of benzene rings is 1. The van der Waals surface area contributed by atoms with Crippen LogP contribution in [0.3, 0.4) is 0 Å². The van der Waals surface area contributed by atoms with E-state index in [0.29, 0.717) is 43.8 Å². The highest BCUT2D eigenvalue weighted by Crippen LogP contribution is 2.41. The lowest BCUT2D eigenvalue weighted by molar-refractivity contribution is -0.137. The van der Waals surface area contributed by atoms with Gasteiger partial charge in [0, 0.05) is 37.8 Å². The molecule has 1 aromatic rings. The number of hydrogen-bond acceptors (Lipinski definition) is 4.